The molecule has 1 heterocycles. The Hall–Kier alpha value is -1.29. The van der Waals surface area contributed by atoms with Crippen LogP contribution in [0.1, 0.15) is 11.1 Å². The van der Waals surface area contributed by atoms with Gasteiger partial charge in [0.05, 0.1) is 0 Å². The SMILES string of the molecule is CNCc1cc(C)ccc1Sc1csc2ccccc12. The summed E-state index contributed by atoms with van der Waals surface area (Å²) in [5.41, 5.74) is 2.68. The van der Waals surface area contributed by atoms with Crippen LogP contribution in [-0.4, -0.2) is 7.05 Å². The third-order valence-electron chi connectivity index (χ3n) is 3.25. The molecule has 1 N–H and O–H groups in total. The fraction of sp³-hybridized carbons (Fsp3) is 0.176. The highest BCUT2D eigenvalue weighted by atomic mass is 32.2. The summed E-state index contributed by atoms with van der Waals surface area (Å²) in [6, 6.07) is 15.3. The van der Waals surface area contributed by atoms with E-state index in [1.165, 1.54) is 31.0 Å². The lowest BCUT2D eigenvalue weighted by atomic mass is 10.1. The fourth-order valence-electron chi connectivity index (χ4n) is 2.29. The zero-order valence-electron chi connectivity index (χ0n) is 11.6. The van der Waals surface area contributed by atoms with Crippen LogP contribution in [0.15, 0.2) is 57.6 Å². The zero-order valence-corrected chi connectivity index (χ0v) is 13.3. The topological polar surface area (TPSA) is 12.0 Å². The van der Waals surface area contributed by atoms with Crippen molar-refractivity contribution in [2.45, 2.75) is 23.3 Å². The molecule has 0 unspecified atom stereocenters. The fourth-order valence-corrected chi connectivity index (χ4v) is 4.43. The Morgan fingerprint density at radius 3 is 2.80 bits per heavy atom. The largest absolute Gasteiger partial charge is 0.316 e. The van der Waals surface area contributed by atoms with Gasteiger partial charge in [0.1, 0.15) is 0 Å². The Kier molecular flexibility index (Phi) is 4.10. The van der Waals surface area contributed by atoms with Gasteiger partial charge in [0.15, 0.2) is 0 Å². The number of thiophene rings is 1. The highest BCUT2D eigenvalue weighted by Crippen LogP contribution is 2.38. The van der Waals surface area contributed by atoms with Crippen molar-refractivity contribution in [1.82, 2.24) is 5.32 Å². The van der Waals surface area contributed by atoms with Crippen molar-refractivity contribution in [3.05, 3.63) is 59.0 Å². The molecule has 0 aliphatic heterocycles. The van der Waals surface area contributed by atoms with Crippen molar-refractivity contribution in [1.29, 1.82) is 0 Å². The smallest absolute Gasteiger partial charge is 0.0354 e. The minimum Gasteiger partial charge on any atom is -0.316 e. The predicted octanol–water partition coefficient (Wildman–Crippen LogP) is 5.08. The molecule has 1 nitrogen and oxygen atoms in total. The Labute approximate surface area is 128 Å². The van der Waals surface area contributed by atoms with Gasteiger partial charge in [-0.05, 0) is 31.7 Å². The van der Waals surface area contributed by atoms with Crippen molar-refractivity contribution in [2.75, 3.05) is 7.05 Å². The lowest BCUT2D eigenvalue weighted by molar-refractivity contribution is 0.802. The number of hydrogen-bond donors (Lipinski definition) is 1. The lowest BCUT2D eigenvalue weighted by Crippen LogP contribution is -2.06. The molecule has 3 rings (SSSR count). The second-order valence-corrected chi connectivity index (χ2v) is 6.83. The van der Waals surface area contributed by atoms with Crippen molar-refractivity contribution in [3.8, 4) is 0 Å². The molecule has 0 atom stereocenters. The molecule has 0 aliphatic rings. The molecule has 0 saturated heterocycles. The molecule has 0 spiro atoms. The van der Waals surface area contributed by atoms with Crippen molar-refractivity contribution >= 4 is 33.2 Å². The standard InChI is InChI=1S/C17H17NS2/c1-12-7-8-15(13(9-12)10-18-2)20-17-11-19-16-6-4-3-5-14(16)17/h3-9,11,18H,10H2,1-2H3. The molecule has 0 radical (unpaired) electrons. The van der Waals surface area contributed by atoms with E-state index in [0.717, 1.165) is 6.54 Å². The van der Waals surface area contributed by atoms with Gasteiger partial charge >= 0.3 is 0 Å². The van der Waals surface area contributed by atoms with Gasteiger partial charge in [-0.25, -0.2) is 0 Å². The van der Waals surface area contributed by atoms with Crippen molar-refractivity contribution < 1.29 is 0 Å². The molecule has 1 aromatic heterocycles. The van der Waals surface area contributed by atoms with E-state index in [0.29, 0.717) is 0 Å². The second kappa shape index (κ2) is 6.00. The summed E-state index contributed by atoms with van der Waals surface area (Å²) in [4.78, 5) is 2.69. The molecule has 0 bridgehead atoms. The monoisotopic (exact) mass is 299 g/mol. The quantitative estimate of drug-likeness (QED) is 0.721. The molecule has 20 heavy (non-hydrogen) atoms. The number of fused-ring (bicyclic) bond motifs is 1. The van der Waals surface area contributed by atoms with E-state index in [-0.39, 0.29) is 0 Å². The third kappa shape index (κ3) is 2.75. The summed E-state index contributed by atoms with van der Waals surface area (Å²) in [7, 11) is 2.00. The van der Waals surface area contributed by atoms with Crippen LogP contribution in [0.3, 0.4) is 0 Å². The van der Waals surface area contributed by atoms with E-state index in [4.69, 9.17) is 0 Å². The van der Waals surface area contributed by atoms with Crippen LogP contribution < -0.4 is 5.32 Å². The first-order valence-corrected chi connectivity index (χ1v) is 8.36. The van der Waals surface area contributed by atoms with Crippen LogP contribution in [0.5, 0.6) is 0 Å². The van der Waals surface area contributed by atoms with E-state index in [1.807, 2.05) is 30.1 Å². The lowest BCUT2D eigenvalue weighted by Gasteiger charge is -2.09. The number of nitrogens with one attached hydrogen (secondary N) is 1. The van der Waals surface area contributed by atoms with Gasteiger partial charge in [-0.15, -0.1) is 11.3 Å². The minimum atomic E-state index is 0.909. The Balaban J connectivity index is 1.98. The molecule has 0 aliphatic carbocycles. The van der Waals surface area contributed by atoms with Crippen LogP contribution in [0, 0.1) is 6.92 Å². The summed E-state index contributed by atoms with van der Waals surface area (Å²) in [6.45, 7) is 3.06. The molecule has 102 valence electrons. The highest BCUT2D eigenvalue weighted by molar-refractivity contribution is 7.99. The molecule has 3 aromatic rings. The maximum atomic E-state index is 3.26. The first-order chi connectivity index (χ1) is 9.78. The van der Waals surface area contributed by atoms with Crippen LogP contribution in [0.4, 0.5) is 0 Å². The normalized spacial score (nSPS) is 11.1. The first-order valence-electron chi connectivity index (χ1n) is 6.66. The molecule has 0 fully saturated rings. The number of aryl methyl sites for hydroxylation is 1. The van der Waals surface area contributed by atoms with Crippen LogP contribution >= 0.6 is 23.1 Å². The average Bonchev–Trinajstić information content (AvgIpc) is 2.86. The van der Waals surface area contributed by atoms with Crippen molar-refractivity contribution in [3.63, 3.8) is 0 Å². The predicted molar refractivity (Wildman–Crippen MR) is 89.9 cm³/mol. The summed E-state index contributed by atoms with van der Waals surface area (Å²) >= 11 is 3.69. The van der Waals surface area contributed by atoms with Gasteiger partial charge in [0.2, 0.25) is 0 Å². The maximum absolute atomic E-state index is 3.26. The van der Waals surface area contributed by atoms with Gasteiger partial charge < -0.3 is 5.32 Å². The van der Waals surface area contributed by atoms with E-state index in [2.05, 4.69) is 60.1 Å². The number of benzene rings is 2. The van der Waals surface area contributed by atoms with Gasteiger partial charge in [-0.3, -0.25) is 0 Å². The van der Waals surface area contributed by atoms with E-state index in [9.17, 15) is 0 Å². The zero-order chi connectivity index (χ0) is 13.9. The molecule has 2 aromatic carbocycles. The van der Waals surface area contributed by atoms with Gasteiger partial charge in [-0.2, -0.15) is 0 Å². The molecular formula is C17H17NS2. The van der Waals surface area contributed by atoms with Crippen LogP contribution in [0.25, 0.3) is 10.1 Å². The van der Waals surface area contributed by atoms with Crippen LogP contribution in [-0.2, 0) is 6.54 Å². The second-order valence-electron chi connectivity index (χ2n) is 4.84. The van der Waals surface area contributed by atoms with Gasteiger partial charge in [0.25, 0.3) is 0 Å². The van der Waals surface area contributed by atoms with Crippen molar-refractivity contribution in [2.24, 2.45) is 0 Å². The molecule has 3 heteroatoms. The molecule has 0 amide bonds. The maximum Gasteiger partial charge on any atom is 0.0354 e. The van der Waals surface area contributed by atoms with Gasteiger partial charge in [-0.1, -0.05) is 47.7 Å². The summed E-state index contributed by atoms with van der Waals surface area (Å²) in [6.07, 6.45) is 0. The Morgan fingerprint density at radius 1 is 1.10 bits per heavy atom. The third-order valence-corrected chi connectivity index (χ3v) is 5.54. The minimum absolute atomic E-state index is 0.909. The van der Waals surface area contributed by atoms with E-state index < -0.39 is 0 Å². The number of hydrogen-bond acceptors (Lipinski definition) is 3. The van der Waals surface area contributed by atoms with Crippen LogP contribution in [0.2, 0.25) is 0 Å². The average molecular weight is 299 g/mol. The van der Waals surface area contributed by atoms with E-state index in [1.54, 1.807) is 0 Å². The first kappa shape index (κ1) is 13.7. The Morgan fingerprint density at radius 2 is 1.95 bits per heavy atom. The number of rotatable bonds is 4. The summed E-state index contributed by atoms with van der Waals surface area (Å²) in [5.74, 6) is 0. The Bertz CT molecular complexity index is 731. The van der Waals surface area contributed by atoms with Gasteiger partial charge in [0, 0.05) is 31.8 Å². The highest BCUT2D eigenvalue weighted by Gasteiger charge is 2.08. The summed E-state index contributed by atoms with van der Waals surface area (Å²) < 4.78 is 1.36. The van der Waals surface area contributed by atoms with E-state index >= 15 is 0 Å². The summed E-state index contributed by atoms with van der Waals surface area (Å²) in [5, 5.41) is 6.88. The molecule has 0 saturated carbocycles. The molecular weight excluding hydrogens is 282 g/mol.